The number of aromatic nitrogens is 6. The van der Waals surface area contributed by atoms with E-state index in [2.05, 4.69) is 25.4 Å². The third-order valence-electron chi connectivity index (χ3n) is 6.11. The summed E-state index contributed by atoms with van der Waals surface area (Å²) in [5, 5.41) is 6.74. The topological polar surface area (TPSA) is 102 Å². The molecule has 0 spiro atoms. The van der Waals surface area contributed by atoms with Gasteiger partial charge in [0.1, 0.15) is 22.9 Å². The molecule has 4 aromatic rings. The van der Waals surface area contributed by atoms with Gasteiger partial charge in [0.15, 0.2) is 17.3 Å². The largest absolute Gasteiger partial charge is 0.382 e. The molecule has 1 fully saturated rings. The number of nitrogens with two attached hydrogens (primary N) is 1. The summed E-state index contributed by atoms with van der Waals surface area (Å²) in [7, 11) is 0. The zero-order valence-electron chi connectivity index (χ0n) is 18.8. The smallest absolute Gasteiger partial charge is 0.281 e. The Morgan fingerprint density at radius 2 is 2.00 bits per heavy atom. The molecule has 1 aliphatic rings. The maximum absolute atomic E-state index is 15.1. The van der Waals surface area contributed by atoms with E-state index in [0.29, 0.717) is 17.9 Å². The van der Waals surface area contributed by atoms with Crippen LogP contribution in [0.5, 0.6) is 0 Å². The Kier molecular flexibility index (Phi) is 5.49. The highest BCUT2D eigenvalue weighted by Crippen LogP contribution is 2.33. The van der Waals surface area contributed by atoms with Crippen molar-refractivity contribution in [1.82, 2.24) is 34.0 Å². The number of alkyl halides is 4. The molecule has 0 bridgehead atoms. The number of pyridine rings is 1. The molecule has 5 rings (SSSR count). The minimum absolute atomic E-state index is 0.0400. The second kappa shape index (κ2) is 8.29. The fourth-order valence-electron chi connectivity index (χ4n) is 4.41. The lowest BCUT2D eigenvalue weighted by atomic mass is 10.1. The number of imidazole rings is 1. The average molecular weight is 495 g/mol. The molecule has 0 radical (unpaired) electrons. The lowest BCUT2D eigenvalue weighted by Crippen LogP contribution is -2.38. The van der Waals surface area contributed by atoms with Crippen LogP contribution in [0.15, 0.2) is 18.3 Å². The van der Waals surface area contributed by atoms with Crippen molar-refractivity contribution >= 4 is 28.4 Å². The van der Waals surface area contributed by atoms with E-state index in [1.807, 2.05) is 0 Å². The van der Waals surface area contributed by atoms with E-state index < -0.39 is 37.3 Å². The summed E-state index contributed by atoms with van der Waals surface area (Å²) in [6, 6.07) is 1.80. The quantitative estimate of drug-likeness (QED) is 0.396. The molecule has 5 heterocycles. The SMILES string of the molecule is CCN1C[C@@H](Nc2nc(N)c3c(-c4ccc5nc(C)n(CC(F)F)c5n4)c(F)cn3n2)C(F)(F)C1. The first-order chi connectivity index (χ1) is 16.6. The first kappa shape index (κ1) is 23.2. The number of nitrogens with zero attached hydrogens (tertiary/aromatic N) is 7. The summed E-state index contributed by atoms with van der Waals surface area (Å²) in [4.78, 5) is 14.3. The highest BCUT2D eigenvalue weighted by Gasteiger charge is 2.48. The Hall–Kier alpha value is -3.55. The average Bonchev–Trinajstić information content (AvgIpc) is 3.38. The first-order valence-corrected chi connectivity index (χ1v) is 10.9. The second-order valence-electron chi connectivity index (χ2n) is 8.45. The summed E-state index contributed by atoms with van der Waals surface area (Å²) in [5.74, 6) is -3.73. The molecule has 3 N–H and O–H groups in total. The lowest BCUT2D eigenvalue weighted by Gasteiger charge is -2.19. The molecule has 186 valence electrons. The van der Waals surface area contributed by atoms with Gasteiger partial charge in [0.2, 0.25) is 5.95 Å². The highest BCUT2D eigenvalue weighted by molar-refractivity contribution is 5.89. The number of hydrogen-bond donors (Lipinski definition) is 2. The van der Waals surface area contributed by atoms with Crippen molar-refractivity contribution in [1.29, 1.82) is 0 Å². The number of rotatable bonds is 6. The van der Waals surface area contributed by atoms with Crippen molar-refractivity contribution in [3.63, 3.8) is 0 Å². The van der Waals surface area contributed by atoms with E-state index in [0.717, 1.165) is 10.7 Å². The number of nitrogen functional groups attached to an aromatic ring is 1. The third kappa shape index (κ3) is 4.00. The van der Waals surface area contributed by atoms with Gasteiger partial charge in [-0.1, -0.05) is 6.92 Å². The normalized spacial score (nSPS) is 18.3. The Morgan fingerprint density at radius 3 is 2.69 bits per heavy atom. The second-order valence-corrected chi connectivity index (χ2v) is 8.45. The van der Waals surface area contributed by atoms with Gasteiger partial charge in [-0.3, -0.25) is 4.90 Å². The van der Waals surface area contributed by atoms with Gasteiger partial charge >= 0.3 is 0 Å². The van der Waals surface area contributed by atoms with Gasteiger partial charge in [0.25, 0.3) is 12.3 Å². The van der Waals surface area contributed by atoms with Crippen LogP contribution in [-0.4, -0.2) is 72.1 Å². The number of nitrogens with one attached hydrogen (secondary N) is 1. The standard InChI is InChI=1S/C21H22F5N9/c1-3-33-7-14(21(25,26)9-33)30-20-31-18(27)17-16(11(22)6-35(17)32-20)12-4-5-13-19(29-12)34(8-15(23)24)10(2)28-13/h4-6,14-15H,3,7-9H2,1-2H3,(H3,27,30,31,32)/t14-/m1/s1. The first-order valence-electron chi connectivity index (χ1n) is 10.9. The number of halogens is 5. The van der Waals surface area contributed by atoms with Crippen LogP contribution in [0, 0.1) is 12.7 Å². The van der Waals surface area contributed by atoms with Crippen molar-refractivity contribution in [3.8, 4) is 11.3 Å². The van der Waals surface area contributed by atoms with Crippen molar-refractivity contribution < 1.29 is 22.0 Å². The molecule has 0 saturated carbocycles. The van der Waals surface area contributed by atoms with E-state index in [1.165, 1.54) is 10.6 Å². The Bertz CT molecular complexity index is 1410. The van der Waals surface area contributed by atoms with Crippen LogP contribution in [0.1, 0.15) is 12.7 Å². The van der Waals surface area contributed by atoms with Crippen molar-refractivity contribution in [2.45, 2.75) is 38.8 Å². The van der Waals surface area contributed by atoms with E-state index in [1.54, 1.807) is 24.8 Å². The predicted molar refractivity (Wildman–Crippen MR) is 119 cm³/mol. The van der Waals surface area contributed by atoms with Crippen LogP contribution >= 0.6 is 0 Å². The summed E-state index contributed by atoms with van der Waals surface area (Å²) >= 11 is 0. The number of anilines is 2. The Morgan fingerprint density at radius 1 is 1.23 bits per heavy atom. The highest BCUT2D eigenvalue weighted by atomic mass is 19.3. The van der Waals surface area contributed by atoms with Gasteiger partial charge in [-0.15, -0.1) is 5.10 Å². The van der Waals surface area contributed by atoms with E-state index in [4.69, 9.17) is 5.73 Å². The van der Waals surface area contributed by atoms with E-state index >= 15 is 4.39 Å². The molecule has 0 unspecified atom stereocenters. The van der Waals surface area contributed by atoms with Crippen LogP contribution in [0.3, 0.4) is 0 Å². The molecule has 1 saturated heterocycles. The fraction of sp³-hybridized carbons (Fsp3) is 0.429. The van der Waals surface area contributed by atoms with Crippen LogP contribution in [-0.2, 0) is 6.54 Å². The zero-order chi connectivity index (χ0) is 25.1. The third-order valence-corrected chi connectivity index (χ3v) is 6.11. The molecular formula is C21H22F5N9. The molecular weight excluding hydrogens is 473 g/mol. The minimum Gasteiger partial charge on any atom is -0.382 e. The summed E-state index contributed by atoms with van der Waals surface area (Å²) in [6.07, 6.45) is -1.60. The molecule has 14 heteroatoms. The summed E-state index contributed by atoms with van der Waals surface area (Å²) in [6.45, 7) is 2.92. The van der Waals surface area contributed by atoms with Gasteiger partial charge in [0, 0.05) is 6.54 Å². The number of hydrogen-bond acceptors (Lipinski definition) is 7. The fourth-order valence-corrected chi connectivity index (χ4v) is 4.41. The number of fused-ring (bicyclic) bond motifs is 2. The van der Waals surface area contributed by atoms with Crippen LogP contribution in [0.4, 0.5) is 33.7 Å². The molecule has 9 nitrogen and oxygen atoms in total. The van der Waals surface area contributed by atoms with E-state index in [9.17, 15) is 17.6 Å². The van der Waals surface area contributed by atoms with Gasteiger partial charge in [0.05, 0.1) is 30.5 Å². The van der Waals surface area contributed by atoms with Crippen molar-refractivity contribution in [2.24, 2.45) is 0 Å². The molecule has 0 amide bonds. The predicted octanol–water partition coefficient (Wildman–Crippen LogP) is 3.19. The molecule has 4 aromatic heterocycles. The van der Waals surface area contributed by atoms with Crippen LogP contribution in [0.2, 0.25) is 0 Å². The molecule has 0 aliphatic carbocycles. The monoisotopic (exact) mass is 495 g/mol. The van der Waals surface area contributed by atoms with E-state index in [-0.39, 0.29) is 40.7 Å². The Balaban J connectivity index is 1.55. The lowest BCUT2D eigenvalue weighted by molar-refractivity contribution is 0.00429. The molecule has 35 heavy (non-hydrogen) atoms. The number of likely N-dealkylation sites (N-methyl/N-ethyl adjacent to an activating group) is 1. The van der Waals surface area contributed by atoms with Crippen molar-refractivity contribution in [3.05, 3.63) is 30.0 Å². The van der Waals surface area contributed by atoms with Crippen LogP contribution in [0.25, 0.3) is 27.9 Å². The number of aryl methyl sites for hydroxylation is 1. The summed E-state index contributed by atoms with van der Waals surface area (Å²) < 4.78 is 72.2. The molecule has 1 aliphatic heterocycles. The van der Waals surface area contributed by atoms with Crippen LogP contribution < -0.4 is 11.1 Å². The molecule has 1 atom stereocenters. The maximum atomic E-state index is 15.1. The zero-order valence-corrected chi connectivity index (χ0v) is 18.8. The van der Waals surface area contributed by atoms with Gasteiger partial charge in [-0.25, -0.2) is 36.4 Å². The maximum Gasteiger partial charge on any atom is 0.281 e. The Labute approximate surface area is 195 Å². The summed E-state index contributed by atoms with van der Waals surface area (Å²) in [5.41, 5.74) is 6.79. The van der Waals surface area contributed by atoms with Gasteiger partial charge in [-0.2, -0.15) is 4.98 Å². The van der Waals surface area contributed by atoms with Crippen molar-refractivity contribution in [2.75, 3.05) is 30.7 Å². The van der Waals surface area contributed by atoms with Gasteiger partial charge in [-0.05, 0) is 25.6 Å². The molecule has 0 aromatic carbocycles. The minimum atomic E-state index is -3.01. The van der Waals surface area contributed by atoms with Gasteiger partial charge < -0.3 is 15.6 Å². The number of likely N-dealkylation sites (tertiary alicyclic amines) is 1.